The third-order valence-corrected chi connectivity index (χ3v) is 6.45. The number of benzene rings is 2. The largest absolute Gasteiger partial charge is 0.495 e. The number of nitrogens with zero attached hydrogens (tertiary/aromatic N) is 3. The Morgan fingerprint density at radius 1 is 1.26 bits per heavy atom. The molecule has 1 heterocycles. The first-order chi connectivity index (χ1) is 16.6. The maximum absolute atomic E-state index is 13.3. The number of carboxylic acid groups (broad SMARTS) is 1. The first-order valence-corrected chi connectivity index (χ1v) is 11.0. The van der Waals surface area contributed by atoms with Crippen LogP contribution in [-0.4, -0.2) is 58.3 Å². The number of halogens is 1. The topological polar surface area (TPSA) is 128 Å². The molecule has 3 aromatic rings. The van der Waals surface area contributed by atoms with Crippen LogP contribution in [0.5, 0.6) is 5.75 Å². The summed E-state index contributed by atoms with van der Waals surface area (Å²) in [6.45, 7) is 2.20. The number of hydrogen-bond donors (Lipinski definition) is 2. The number of carbonyl (C=O) groups is 3. The molecule has 0 saturated heterocycles. The molecule has 0 spiro atoms. The fourth-order valence-electron chi connectivity index (χ4n) is 4.34. The average Bonchev–Trinajstić information content (AvgIpc) is 3.50. The van der Waals surface area contributed by atoms with Crippen molar-refractivity contribution in [3.8, 4) is 5.75 Å². The van der Waals surface area contributed by atoms with Gasteiger partial charge in [-0.1, -0.05) is 18.2 Å². The maximum atomic E-state index is 13.3. The van der Waals surface area contributed by atoms with Crippen molar-refractivity contribution < 1.29 is 28.6 Å². The smallest absolute Gasteiger partial charge is 0.339 e. The second-order valence-electron chi connectivity index (χ2n) is 8.44. The van der Waals surface area contributed by atoms with E-state index in [4.69, 9.17) is 10.5 Å². The highest BCUT2D eigenvalue weighted by atomic mass is 19.1. The number of rotatable bonds is 8. The molecule has 1 aliphatic rings. The fourth-order valence-corrected chi connectivity index (χ4v) is 4.34. The first-order valence-electron chi connectivity index (χ1n) is 11.0. The number of ether oxygens (including phenoxy) is 1. The van der Waals surface area contributed by atoms with Crippen molar-refractivity contribution in [1.29, 1.82) is 0 Å². The molecule has 0 radical (unpaired) electrons. The minimum atomic E-state index is -1.44. The summed E-state index contributed by atoms with van der Waals surface area (Å²) in [4.78, 5) is 38.8. The van der Waals surface area contributed by atoms with Crippen LogP contribution in [0, 0.1) is 11.2 Å². The van der Waals surface area contributed by atoms with Crippen LogP contribution in [0.1, 0.15) is 41.0 Å². The Hall–Kier alpha value is -4.21. The van der Waals surface area contributed by atoms with E-state index in [1.807, 2.05) is 0 Å². The van der Waals surface area contributed by atoms with Gasteiger partial charge in [-0.25, -0.2) is 9.18 Å². The fraction of sp³-hybridized carbons (Fsp3) is 0.280. The molecular weight excluding hydrogens is 455 g/mol. The minimum Gasteiger partial charge on any atom is -0.495 e. The van der Waals surface area contributed by atoms with Gasteiger partial charge in [0.2, 0.25) is 11.8 Å². The van der Waals surface area contributed by atoms with Crippen molar-refractivity contribution in [3.63, 3.8) is 0 Å². The van der Waals surface area contributed by atoms with E-state index < -0.39 is 29.2 Å². The van der Waals surface area contributed by atoms with Crippen LogP contribution in [0.4, 0.5) is 4.39 Å². The third-order valence-electron chi connectivity index (χ3n) is 6.45. The Morgan fingerprint density at radius 2 is 1.94 bits per heavy atom. The highest BCUT2D eigenvalue weighted by molar-refractivity contribution is 6.09. The summed E-state index contributed by atoms with van der Waals surface area (Å²) in [5.41, 5.74) is 5.74. The summed E-state index contributed by atoms with van der Waals surface area (Å²) in [5, 5.41) is 14.7. The molecule has 2 amide bonds. The van der Waals surface area contributed by atoms with Crippen LogP contribution in [0.3, 0.4) is 0 Å². The SMILES string of the molecule is CCN(C)C(=O)C1(C(N)=O)CC1n1nc(C=Cc2ccc(F)cc2)c2c(OC)c(C(=O)O)ccc21. The zero-order valence-corrected chi connectivity index (χ0v) is 19.5. The molecule has 2 aromatic carbocycles. The normalized spacial score (nSPS) is 19.1. The van der Waals surface area contributed by atoms with Gasteiger partial charge in [0.25, 0.3) is 0 Å². The molecule has 1 saturated carbocycles. The van der Waals surface area contributed by atoms with Crippen molar-refractivity contribution in [1.82, 2.24) is 14.7 Å². The summed E-state index contributed by atoms with van der Waals surface area (Å²) in [7, 11) is 2.96. The zero-order chi connectivity index (χ0) is 25.5. The maximum Gasteiger partial charge on any atom is 0.339 e. The van der Waals surface area contributed by atoms with E-state index in [2.05, 4.69) is 5.10 Å². The van der Waals surface area contributed by atoms with Gasteiger partial charge in [0.15, 0.2) is 5.41 Å². The molecule has 2 atom stereocenters. The number of amides is 2. The Kier molecular flexibility index (Phi) is 6.06. The standard InChI is InChI=1S/C25H25FN4O5/c1-4-29(2)24(34)25(23(27)33)13-19(25)30-18-12-10-16(22(31)32)21(35-3)20(18)17(28-30)11-7-14-5-8-15(26)9-6-14/h5-12,19H,4,13H2,1-3H3,(H2,27,33)(H,31,32). The first kappa shape index (κ1) is 23.9. The quantitative estimate of drug-likeness (QED) is 0.477. The van der Waals surface area contributed by atoms with Crippen molar-refractivity contribution in [3.05, 3.63) is 59.0 Å². The monoisotopic (exact) mass is 480 g/mol. The molecule has 35 heavy (non-hydrogen) atoms. The second kappa shape index (κ2) is 8.86. The molecule has 2 unspecified atom stereocenters. The van der Waals surface area contributed by atoms with Crippen LogP contribution in [0.2, 0.25) is 0 Å². The van der Waals surface area contributed by atoms with E-state index in [0.29, 0.717) is 28.7 Å². The average molecular weight is 480 g/mol. The van der Waals surface area contributed by atoms with Gasteiger partial charge in [0.1, 0.15) is 17.1 Å². The number of carboxylic acids is 1. The summed E-state index contributed by atoms with van der Waals surface area (Å²) in [6, 6.07) is 8.14. The molecule has 1 fully saturated rings. The second-order valence-corrected chi connectivity index (χ2v) is 8.44. The summed E-state index contributed by atoms with van der Waals surface area (Å²) in [5.74, 6) is -2.58. The van der Waals surface area contributed by atoms with E-state index in [0.717, 1.165) is 0 Å². The van der Waals surface area contributed by atoms with Crippen molar-refractivity contribution in [2.24, 2.45) is 11.1 Å². The Balaban J connectivity index is 1.89. The van der Waals surface area contributed by atoms with Gasteiger partial charge in [-0.15, -0.1) is 0 Å². The number of aromatic carboxylic acids is 1. The predicted molar refractivity (Wildman–Crippen MR) is 127 cm³/mol. The van der Waals surface area contributed by atoms with Gasteiger partial charge >= 0.3 is 5.97 Å². The Labute approximate surface area is 200 Å². The number of methoxy groups -OCH3 is 1. The van der Waals surface area contributed by atoms with Gasteiger partial charge in [0, 0.05) is 13.6 Å². The van der Waals surface area contributed by atoms with Crippen molar-refractivity contribution in [2.75, 3.05) is 20.7 Å². The van der Waals surface area contributed by atoms with Crippen LogP contribution in [-0.2, 0) is 9.59 Å². The molecule has 10 heteroatoms. The Morgan fingerprint density at radius 3 is 2.51 bits per heavy atom. The zero-order valence-electron chi connectivity index (χ0n) is 19.5. The number of aromatic nitrogens is 2. The lowest BCUT2D eigenvalue weighted by Gasteiger charge is -2.21. The number of primary amides is 1. The molecule has 3 N–H and O–H groups in total. The van der Waals surface area contributed by atoms with Crippen molar-refractivity contribution >= 4 is 40.8 Å². The summed E-state index contributed by atoms with van der Waals surface area (Å²) < 4.78 is 20.3. The van der Waals surface area contributed by atoms with E-state index in [9.17, 15) is 23.9 Å². The molecule has 182 valence electrons. The van der Waals surface area contributed by atoms with Gasteiger partial charge in [0.05, 0.1) is 29.7 Å². The van der Waals surface area contributed by atoms with Crippen molar-refractivity contribution in [2.45, 2.75) is 19.4 Å². The van der Waals surface area contributed by atoms with Crippen LogP contribution in [0.25, 0.3) is 23.1 Å². The highest BCUT2D eigenvalue weighted by Gasteiger charge is 2.67. The van der Waals surface area contributed by atoms with E-state index >= 15 is 0 Å². The lowest BCUT2D eigenvalue weighted by molar-refractivity contribution is -0.142. The number of hydrogen-bond acceptors (Lipinski definition) is 5. The molecule has 1 aliphatic carbocycles. The molecule has 0 aliphatic heterocycles. The number of carbonyl (C=O) groups excluding carboxylic acids is 2. The Bertz CT molecular complexity index is 1360. The van der Waals surface area contributed by atoms with Gasteiger partial charge in [-0.05, 0) is 49.2 Å². The molecule has 4 rings (SSSR count). The highest BCUT2D eigenvalue weighted by Crippen LogP contribution is 2.58. The minimum absolute atomic E-state index is 0.0604. The molecular formula is C25H25FN4O5. The number of fused-ring (bicyclic) bond motifs is 1. The molecule has 9 nitrogen and oxygen atoms in total. The van der Waals surface area contributed by atoms with E-state index in [-0.39, 0.29) is 23.6 Å². The van der Waals surface area contributed by atoms with Crippen LogP contribution < -0.4 is 10.5 Å². The van der Waals surface area contributed by atoms with E-state index in [1.165, 1.54) is 30.2 Å². The summed E-state index contributed by atoms with van der Waals surface area (Å²) >= 11 is 0. The summed E-state index contributed by atoms with van der Waals surface area (Å²) in [6.07, 6.45) is 3.52. The lowest BCUT2D eigenvalue weighted by Crippen LogP contribution is -2.43. The molecule has 1 aromatic heterocycles. The molecule has 0 bridgehead atoms. The van der Waals surface area contributed by atoms with E-state index in [1.54, 1.807) is 49.0 Å². The third kappa shape index (κ3) is 3.90. The number of nitrogens with two attached hydrogens (primary N) is 1. The predicted octanol–water partition coefficient (Wildman–Crippen LogP) is 2.95. The lowest BCUT2D eigenvalue weighted by atomic mass is 10.0. The van der Waals surface area contributed by atoms with Crippen LogP contribution >= 0.6 is 0 Å². The van der Waals surface area contributed by atoms with Gasteiger partial charge in [-0.2, -0.15) is 5.10 Å². The van der Waals surface area contributed by atoms with Gasteiger partial charge < -0.3 is 20.5 Å². The van der Waals surface area contributed by atoms with Gasteiger partial charge in [-0.3, -0.25) is 14.3 Å². The van der Waals surface area contributed by atoms with Crippen LogP contribution in [0.15, 0.2) is 36.4 Å².